The van der Waals surface area contributed by atoms with Crippen LogP contribution in [0.2, 0.25) is 5.02 Å². The Morgan fingerprint density at radius 1 is 1.12 bits per heavy atom. The van der Waals surface area contributed by atoms with Crippen LogP contribution in [0.5, 0.6) is 5.75 Å². The minimum absolute atomic E-state index is 0.138. The van der Waals surface area contributed by atoms with E-state index in [4.69, 9.17) is 11.6 Å². The van der Waals surface area contributed by atoms with Crippen LogP contribution in [0.4, 0.5) is 18.9 Å². The summed E-state index contributed by atoms with van der Waals surface area (Å²) in [5.74, 6) is -0.313. The average Bonchev–Trinajstić information content (AvgIpc) is 2.42. The van der Waals surface area contributed by atoms with E-state index >= 15 is 0 Å². The van der Waals surface area contributed by atoms with Crippen molar-refractivity contribution in [2.24, 2.45) is 0 Å². The Hall–Kier alpha value is -1.93. The molecule has 9 heteroatoms. The van der Waals surface area contributed by atoms with Crippen molar-refractivity contribution in [2.75, 3.05) is 4.72 Å². The number of anilines is 1. The fourth-order valence-corrected chi connectivity index (χ4v) is 3.71. The maximum Gasteiger partial charge on any atom is 0.416 e. The van der Waals surface area contributed by atoms with Crippen LogP contribution in [0.3, 0.4) is 0 Å². The zero-order chi connectivity index (χ0) is 18.3. The Morgan fingerprint density at radius 3 is 2.33 bits per heavy atom. The number of halogens is 4. The molecule has 0 radical (unpaired) electrons. The quantitative estimate of drug-likeness (QED) is 0.772. The summed E-state index contributed by atoms with van der Waals surface area (Å²) >= 11 is 5.75. The molecule has 2 N–H and O–H groups in total. The Balaban J connectivity index is 2.53. The van der Waals surface area contributed by atoms with E-state index < -0.39 is 26.7 Å². The van der Waals surface area contributed by atoms with E-state index in [-0.39, 0.29) is 16.5 Å². The van der Waals surface area contributed by atoms with Crippen molar-refractivity contribution >= 4 is 27.3 Å². The van der Waals surface area contributed by atoms with E-state index in [2.05, 4.69) is 4.72 Å². The lowest BCUT2D eigenvalue weighted by atomic mass is 10.1. The Kier molecular flexibility index (Phi) is 4.74. The molecule has 0 aliphatic heterocycles. The first-order valence-corrected chi connectivity index (χ1v) is 8.47. The number of aromatic hydroxyl groups is 1. The van der Waals surface area contributed by atoms with Crippen molar-refractivity contribution in [3.63, 3.8) is 0 Å². The van der Waals surface area contributed by atoms with Gasteiger partial charge in [-0.1, -0.05) is 17.7 Å². The fraction of sp³-hybridized carbons (Fsp3) is 0.200. The van der Waals surface area contributed by atoms with Crippen molar-refractivity contribution in [1.82, 2.24) is 0 Å². The maximum atomic E-state index is 12.8. The van der Waals surface area contributed by atoms with Crippen molar-refractivity contribution in [1.29, 1.82) is 0 Å². The van der Waals surface area contributed by atoms with Crippen LogP contribution in [0.25, 0.3) is 0 Å². The molecule has 0 aliphatic carbocycles. The molecule has 0 spiro atoms. The number of aryl methyl sites for hydroxylation is 2. The second-order valence-corrected chi connectivity index (χ2v) is 7.28. The van der Waals surface area contributed by atoms with Gasteiger partial charge < -0.3 is 5.11 Å². The smallest absolute Gasteiger partial charge is 0.416 e. The van der Waals surface area contributed by atoms with Gasteiger partial charge in [0.1, 0.15) is 10.6 Å². The minimum atomic E-state index is -4.71. The standard InChI is InChI=1S/C15H13ClF3NO3S/c1-8-5-9(2)14(21)12(6-8)20-24(22,23)13-7-10(15(17,18)19)3-4-11(13)16/h3-7,20-21H,1-2H3. The van der Waals surface area contributed by atoms with Gasteiger partial charge in [-0.2, -0.15) is 13.2 Å². The topological polar surface area (TPSA) is 66.4 Å². The van der Waals surface area contributed by atoms with Gasteiger partial charge in [-0.25, -0.2) is 8.42 Å². The van der Waals surface area contributed by atoms with Crippen LogP contribution in [0.15, 0.2) is 35.2 Å². The van der Waals surface area contributed by atoms with E-state index in [0.29, 0.717) is 23.3 Å². The van der Waals surface area contributed by atoms with Crippen LogP contribution >= 0.6 is 11.6 Å². The van der Waals surface area contributed by atoms with Gasteiger partial charge >= 0.3 is 6.18 Å². The van der Waals surface area contributed by atoms with E-state index in [1.165, 1.54) is 6.07 Å². The molecule has 4 nitrogen and oxygen atoms in total. The first-order valence-electron chi connectivity index (χ1n) is 6.61. The molecule has 0 saturated carbocycles. The molecule has 2 aromatic rings. The third-order valence-corrected chi connectivity index (χ3v) is 5.08. The van der Waals surface area contributed by atoms with Crippen molar-refractivity contribution < 1.29 is 26.7 Å². The molecule has 0 atom stereocenters. The Morgan fingerprint density at radius 2 is 1.75 bits per heavy atom. The van der Waals surface area contributed by atoms with Crippen LogP contribution < -0.4 is 4.72 Å². The second kappa shape index (κ2) is 6.18. The molecular formula is C15H13ClF3NO3S. The van der Waals surface area contributed by atoms with E-state index in [1.807, 2.05) is 0 Å². The zero-order valence-electron chi connectivity index (χ0n) is 12.6. The van der Waals surface area contributed by atoms with Crippen molar-refractivity contribution in [2.45, 2.75) is 24.9 Å². The number of nitrogens with one attached hydrogen (secondary N) is 1. The molecule has 2 aromatic carbocycles. The Labute approximate surface area is 141 Å². The van der Waals surface area contributed by atoms with Crippen LogP contribution in [-0.4, -0.2) is 13.5 Å². The summed E-state index contributed by atoms with van der Waals surface area (Å²) in [6.45, 7) is 3.25. The third-order valence-electron chi connectivity index (χ3n) is 3.24. The van der Waals surface area contributed by atoms with Gasteiger partial charge in [-0.15, -0.1) is 0 Å². The van der Waals surface area contributed by atoms with Gasteiger partial charge in [0.15, 0.2) is 0 Å². The van der Waals surface area contributed by atoms with Gasteiger partial charge in [0.25, 0.3) is 10.0 Å². The van der Waals surface area contributed by atoms with Crippen LogP contribution in [-0.2, 0) is 16.2 Å². The summed E-state index contributed by atoms with van der Waals surface area (Å²) in [6, 6.07) is 4.99. The van der Waals surface area contributed by atoms with E-state index in [0.717, 1.165) is 6.07 Å². The van der Waals surface area contributed by atoms with Gasteiger partial charge in [0, 0.05) is 0 Å². The molecule has 130 valence electrons. The fourth-order valence-electron chi connectivity index (χ4n) is 2.12. The molecule has 0 aromatic heterocycles. The number of phenols is 1. The molecule has 0 aliphatic rings. The molecular weight excluding hydrogens is 367 g/mol. The predicted octanol–water partition coefficient (Wildman–Crippen LogP) is 4.48. The first-order chi connectivity index (χ1) is 10.9. The lowest BCUT2D eigenvalue weighted by molar-refractivity contribution is -0.137. The zero-order valence-corrected chi connectivity index (χ0v) is 14.1. The molecule has 0 fully saturated rings. The highest BCUT2D eigenvalue weighted by Crippen LogP contribution is 2.35. The van der Waals surface area contributed by atoms with Crippen molar-refractivity contribution in [3.8, 4) is 5.75 Å². The van der Waals surface area contributed by atoms with E-state index in [1.54, 1.807) is 19.9 Å². The summed E-state index contributed by atoms with van der Waals surface area (Å²) in [7, 11) is -4.42. The number of phenolic OH excluding ortho intramolecular Hbond substituents is 1. The number of sulfonamides is 1. The molecule has 0 unspecified atom stereocenters. The van der Waals surface area contributed by atoms with Gasteiger partial charge in [-0.3, -0.25) is 4.72 Å². The monoisotopic (exact) mass is 379 g/mol. The maximum absolute atomic E-state index is 12.8. The van der Waals surface area contributed by atoms with E-state index in [9.17, 15) is 26.7 Å². The summed E-state index contributed by atoms with van der Waals surface area (Å²) < 4.78 is 65.2. The SMILES string of the molecule is Cc1cc(C)c(O)c(NS(=O)(=O)c2cc(C(F)(F)F)ccc2Cl)c1. The number of alkyl halides is 3. The Bertz CT molecular complexity index is 896. The first kappa shape index (κ1) is 18.4. The molecule has 0 amide bonds. The minimum Gasteiger partial charge on any atom is -0.505 e. The number of benzene rings is 2. The summed E-state index contributed by atoms with van der Waals surface area (Å²) in [5.41, 5.74) is -0.195. The third kappa shape index (κ3) is 3.76. The summed E-state index contributed by atoms with van der Waals surface area (Å²) in [6.07, 6.45) is -4.71. The molecule has 0 bridgehead atoms. The normalized spacial score (nSPS) is 12.2. The van der Waals surface area contributed by atoms with Crippen LogP contribution in [0, 0.1) is 13.8 Å². The summed E-state index contributed by atoms with van der Waals surface area (Å²) in [4.78, 5) is -0.724. The highest BCUT2D eigenvalue weighted by molar-refractivity contribution is 7.92. The number of hydrogen-bond acceptors (Lipinski definition) is 3. The molecule has 24 heavy (non-hydrogen) atoms. The largest absolute Gasteiger partial charge is 0.505 e. The highest BCUT2D eigenvalue weighted by Gasteiger charge is 2.33. The van der Waals surface area contributed by atoms with Gasteiger partial charge in [0.05, 0.1) is 16.3 Å². The lowest BCUT2D eigenvalue weighted by Crippen LogP contribution is -2.15. The number of rotatable bonds is 3. The van der Waals surface area contributed by atoms with Gasteiger partial charge in [0.2, 0.25) is 0 Å². The van der Waals surface area contributed by atoms with Crippen molar-refractivity contribution in [3.05, 3.63) is 52.0 Å². The predicted molar refractivity (Wildman–Crippen MR) is 84.8 cm³/mol. The average molecular weight is 380 g/mol. The number of hydrogen-bond donors (Lipinski definition) is 2. The molecule has 2 rings (SSSR count). The second-order valence-electron chi connectivity index (χ2n) is 5.23. The van der Waals surface area contributed by atoms with Crippen LogP contribution in [0.1, 0.15) is 16.7 Å². The molecule has 0 heterocycles. The summed E-state index contributed by atoms with van der Waals surface area (Å²) in [5, 5.41) is 9.58. The lowest BCUT2D eigenvalue weighted by Gasteiger charge is -2.14. The highest BCUT2D eigenvalue weighted by atomic mass is 35.5. The molecule has 0 saturated heterocycles. The van der Waals surface area contributed by atoms with Gasteiger partial charge in [-0.05, 0) is 49.2 Å².